The molecule has 2 amide bonds. The Labute approximate surface area is 202 Å². The van der Waals surface area contributed by atoms with Crippen LogP contribution in [0.5, 0.6) is 5.75 Å². The van der Waals surface area contributed by atoms with Gasteiger partial charge in [0.15, 0.2) is 6.61 Å². The number of aliphatic imine (C=N–C) groups is 1. The quantitative estimate of drug-likeness (QED) is 0.191. The lowest BCUT2D eigenvalue weighted by atomic mass is 10.2. The van der Waals surface area contributed by atoms with Crippen molar-refractivity contribution in [2.24, 2.45) is 4.99 Å². The second-order valence-corrected chi connectivity index (χ2v) is 6.62. The SMILES string of the molecule is CC/C(NC(=O)CO/C(C=NC)=C/C(F)=C/Cl)=C(/C)NC=O.CCOc1ccc(Cl)c(F)c1. The minimum absolute atomic E-state index is 0.0526. The predicted octanol–water partition coefficient (Wildman–Crippen LogP) is 5.02. The molecule has 1 aromatic carbocycles. The molecule has 1 rings (SSSR count). The van der Waals surface area contributed by atoms with E-state index in [9.17, 15) is 18.4 Å². The maximum atomic E-state index is 13.0. The Morgan fingerprint density at radius 3 is 2.52 bits per heavy atom. The van der Waals surface area contributed by atoms with Gasteiger partial charge < -0.3 is 20.1 Å². The number of nitrogens with zero attached hydrogens (tertiary/aromatic N) is 1. The molecule has 0 aliphatic rings. The van der Waals surface area contributed by atoms with E-state index >= 15 is 0 Å². The van der Waals surface area contributed by atoms with Crippen LogP contribution in [0.3, 0.4) is 0 Å². The standard InChI is InChI=1S/C14H19ClFN3O3.C8H8ClFO/c1-4-13(10(2)18-9-20)19-14(21)8-22-12(7-17-3)5-11(16)6-15;1-2-11-6-3-4-7(9)8(10)5-6/h5-7,9H,4,8H2,1-3H3,(H,18,20)(H,19,21);3-5H,2H2,1H3/b11-6-,12-5+,13-10+,17-7?;. The summed E-state index contributed by atoms with van der Waals surface area (Å²) in [6.07, 6.45) is 3.29. The number of halogens is 4. The second kappa shape index (κ2) is 17.6. The molecular formula is C22H27Cl2F2N3O4. The van der Waals surface area contributed by atoms with Gasteiger partial charge >= 0.3 is 0 Å². The molecule has 0 fully saturated rings. The summed E-state index contributed by atoms with van der Waals surface area (Å²) in [6.45, 7) is 5.51. The normalized spacial score (nSPS) is 12.4. The molecule has 0 unspecified atom stereocenters. The van der Waals surface area contributed by atoms with Crippen LogP contribution in [0.2, 0.25) is 5.02 Å². The number of allylic oxidation sites excluding steroid dienone is 5. The summed E-state index contributed by atoms with van der Waals surface area (Å²) in [5.74, 6) is -1.06. The van der Waals surface area contributed by atoms with Crippen molar-refractivity contribution >= 4 is 41.7 Å². The molecule has 0 bridgehead atoms. The van der Waals surface area contributed by atoms with E-state index in [2.05, 4.69) is 15.6 Å². The van der Waals surface area contributed by atoms with Crippen LogP contribution in [0.4, 0.5) is 8.78 Å². The Bertz CT molecular complexity index is 904. The molecule has 2 N–H and O–H groups in total. The monoisotopic (exact) mass is 505 g/mol. The summed E-state index contributed by atoms with van der Waals surface area (Å²) in [5.41, 5.74) is 1.83. The average Bonchev–Trinajstić information content (AvgIpc) is 2.79. The Balaban J connectivity index is 0.000000771. The highest BCUT2D eigenvalue weighted by Crippen LogP contribution is 2.20. The minimum atomic E-state index is -0.725. The van der Waals surface area contributed by atoms with E-state index in [0.717, 1.165) is 11.6 Å². The Hall–Kier alpha value is -2.91. The van der Waals surface area contributed by atoms with E-state index in [1.165, 1.54) is 25.4 Å². The molecule has 0 aromatic heterocycles. The number of carbonyl (C=O) groups is 2. The summed E-state index contributed by atoms with van der Waals surface area (Å²) in [7, 11) is 1.48. The molecule has 0 radical (unpaired) electrons. The van der Waals surface area contributed by atoms with Crippen molar-refractivity contribution in [3.63, 3.8) is 0 Å². The number of amides is 2. The molecule has 0 spiro atoms. The van der Waals surface area contributed by atoms with Gasteiger partial charge in [-0.25, -0.2) is 8.78 Å². The highest BCUT2D eigenvalue weighted by atomic mass is 35.5. The highest BCUT2D eigenvalue weighted by Gasteiger charge is 2.08. The molecule has 0 atom stereocenters. The van der Waals surface area contributed by atoms with Crippen molar-refractivity contribution in [2.75, 3.05) is 20.3 Å². The molecular weight excluding hydrogens is 479 g/mol. The molecule has 0 heterocycles. The van der Waals surface area contributed by atoms with Crippen LogP contribution in [0.25, 0.3) is 0 Å². The number of nitrogens with one attached hydrogen (secondary N) is 2. The van der Waals surface area contributed by atoms with Gasteiger partial charge in [0.1, 0.15) is 23.2 Å². The van der Waals surface area contributed by atoms with Crippen molar-refractivity contribution in [2.45, 2.75) is 27.2 Å². The first-order valence-corrected chi connectivity index (χ1v) is 10.5. The van der Waals surface area contributed by atoms with E-state index in [1.807, 2.05) is 13.8 Å². The summed E-state index contributed by atoms with van der Waals surface area (Å²) in [6, 6.07) is 4.38. The van der Waals surface area contributed by atoms with Crippen LogP contribution in [-0.2, 0) is 14.3 Å². The second-order valence-electron chi connectivity index (χ2n) is 5.99. The third kappa shape index (κ3) is 13.3. The number of carbonyl (C=O) groups excluding carboxylic acids is 2. The van der Waals surface area contributed by atoms with Gasteiger partial charge in [-0.1, -0.05) is 30.1 Å². The van der Waals surface area contributed by atoms with Gasteiger partial charge in [-0.3, -0.25) is 14.6 Å². The molecule has 0 aliphatic heterocycles. The van der Waals surface area contributed by atoms with Crippen LogP contribution in [0.1, 0.15) is 27.2 Å². The highest BCUT2D eigenvalue weighted by molar-refractivity contribution is 6.30. The van der Waals surface area contributed by atoms with Crippen LogP contribution in [0, 0.1) is 5.82 Å². The third-order valence-corrected chi connectivity index (χ3v) is 4.10. The number of hydrogen-bond donors (Lipinski definition) is 2. The van der Waals surface area contributed by atoms with Gasteiger partial charge in [0.2, 0.25) is 6.41 Å². The summed E-state index contributed by atoms with van der Waals surface area (Å²) < 4.78 is 35.9. The predicted molar refractivity (Wildman–Crippen MR) is 126 cm³/mol. The fourth-order valence-corrected chi connectivity index (χ4v) is 2.30. The van der Waals surface area contributed by atoms with Crippen LogP contribution in [0.15, 0.2) is 57.8 Å². The smallest absolute Gasteiger partial charge is 0.262 e. The Morgan fingerprint density at radius 1 is 1.30 bits per heavy atom. The van der Waals surface area contributed by atoms with Crippen LogP contribution >= 0.6 is 23.2 Å². The fourth-order valence-electron chi connectivity index (χ4n) is 2.12. The van der Waals surface area contributed by atoms with Crippen molar-refractivity contribution in [1.82, 2.24) is 10.6 Å². The molecule has 7 nitrogen and oxygen atoms in total. The van der Waals surface area contributed by atoms with E-state index in [0.29, 0.717) is 36.6 Å². The lowest BCUT2D eigenvalue weighted by Gasteiger charge is -2.12. The van der Waals surface area contributed by atoms with E-state index in [-0.39, 0.29) is 17.4 Å². The average molecular weight is 506 g/mol. The van der Waals surface area contributed by atoms with Gasteiger partial charge in [-0.05, 0) is 32.4 Å². The topological polar surface area (TPSA) is 89.0 Å². The molecule has 33 heavy (non-hydrogen) atoms. The van der Waals surface area contributed by atoms with Crippen molar-refractivity contribution in [1.29, 1.82) is 0 Å². The first-order valence-electron chi connectivity index (χ1n) is 9.72. The zero-order chi connectivity index (χ0) is 25.2. The Kier molecular flexibility index (Phi) is 16.1. The molecule has 1 aromatic rings. The first-order chi connectivity index (χ1) is 15.7. The summed E-state index contributed by atoms with van der Waals surface area (Å²) in [4.78, 5) is 25.9. The summed E-state index contributed by atoms with van der Waals surface area (Å²) >= 11 is 10.7. The van der Waals surface area contributed by atoms with Crippen molar-refractivity contribution in [3.05, 3.63) is 63.6 Å². The maximum absolute atomic E-state index is 13.0. The number of hydrogen-bond acceptors (Lipinski definition) is 5. The molecule has 0 aliphatic carbocycles. The number of benzene rings is 1. The van der Waals surface area contributed by atoms with Crippen LogP contribution in [-0.4, -0.2) is 38.8 Å². The van der Waals surface area contributed by atoms with E-state index < -0.39 is 17.6 Å². The zero-order valence-electron chi connectivity index (χ0n) is 18.8. The molecule has 0 saturated heterocycles. The molecule has 11 heteroatoms. The molecule has 182 valence electrons. The largest absolute Gasteiger partial charge is 0.494 e. The minimum Gasteiger partial charge on any atom is -0.494 e. The van der Waals surface area contributed by atoms with Gasteiger partial charge in [-0.2, -0.15) is 0 Å². The van der Waals surface area contributed by atoms with E-state index in [4.69, 9.17) is 32.7 Å². The van der Waals surface area contributed by atoms with E-state index in [1.54, 1.807) is 13.0 Å². The summed E-state index contributed by atoms with van der Waals surface area (Å²) in [5, 5.41) is 5.18. The Morgan fingerprint density at radius 2 is 2.00 bits per heavy atom. The first kappa shape index (κ1) is 30.1. The zero-order valence-corrected chi connectivity index (χ0v) is 20.3. The lowest BCUT2D eigenvalue weighted by Crippen LogP contribution is -2.29. The van der Waals surface area contributed by atoms with Gasteiger partial charge in [0.25, 0.3) is 5.91 Å². The molecule has 0 saturated carbocycles. The van der Waals surface area contributed by atoms with Gasteiger partial charge in [0.05, 0.1) is 17.8 Å². The van der Waals surface area contributed by atoms with Crippen LogP contribution < -0.4 is 15.4 Å². The van der Waals surface area contributed by atoms with Crippen molar-refractivity contribution in [3.8, 4) is 5.75 Å². The fraction of sp³-hybridized carbons (Fsp3) is 0.318. The number of rotatable bonds is 11. The lowest BCUT2D eigenvalue weighted by molar-refractivity contribution is -0.123. The van der Waals surface area contributed by atoms with Gasteiger partial charge in [-0.15, -0.1) is 0 Å². The third-order valence-electron chi connectivity index (χ3n) is 3.58. The number of ether oxygens (including phenoxy) is 2. The maximum Gasteiger partial charge on any atom is 0.262 e. The van der Waals surface area contributed by atoms with Crippen molar-refractivity contribution < 1.29 is 27.8 Å². The van der Waals surface area contributed by atoms with Gasteiger partial charge in [0, 0.05) is 36.1 Å².